The maximum absolute atomic E-state index is 13.5. The highest BCUT2D eigenvalue weighted by atomic mass is 127. The normalized spacial score (nSPS) is 19.0. The number of nitrogens with two attached hydrogens (primary N) is 2. The molecule has 6 N–H and O–H groups in total. The van der Waals surface area contributed by atoms with E-state index in [9.17, 15) is 13.2 Å². The molecule has 0 bridgehead atoms. The summed E-state index contributed by atoms with van der Waals surface area (Å²) in [5, 5.41) is 7.12. The number of benzene rings is 1. The van der Waals surface area contributed by atoms with Crippen LogP contribution in [0, 0.1) is 0 Å². The minimum absolute atomic E-state index is 0.0519. The van der Waals surface area contributed by atoms with Gasteiger partial charge < -0.3 is 26.7 Å². The van der Waals surface area contributed by atoms with Gasteiger partial charge in [-0.25, -0.2) is 18.4 Å². The summed E-state index contributed by atoms with van der Waals surface area (Å²) >= 11 is 2.08. The first-order valence-corrected chi connectivity index (χ1v) is 14.3. The monoisotopic (exact) mass is 623 g/mol. The summed E-state index contributed by atoms with van der Waals surface area (Å²) in [7, 11) is -1.77. The molecule has 2 aromatic heterocycles. The van der Waals surface area contributed by atoms with E-state index < -0.39 is 21.5 Å². The third-order valence-corrected chi connectivity index (χ3v) is 9.41. The van der Waals surface area contributed by atoms with Gasteiger partial charge in [0.25, 0.3) is 0 Å². The molecule has 0 saturated carbocycles. The van der Waals surface area contributed by atoms with Gasteiger partial charge in [0.15, 0.2) is 17.5 Å². The lowest BCUT2D eigenvalue weighted by Gasteiger charge is -2.38. The molecule has 36 heavy (non-hydrogen) atoms. The number of alkyl halides is 1. The summed E-state index contributed by atoms with van der Waals surface area (Å²) in [5.74, 6) is -0.212. The first kappa shape index (κ1) is 24.7. The van der Waals surface area contributed by atoms with Crippen molar-refractivity contribution in [3.05, 3.63) is 41.9 Å². The van der Waals surface area contributed by atoms with Crippen molar-refractivity contribution < 1.29 is 13.2 Å². The topological polar surface area (TPSA) is 174 Å². The van der Waals surface area contributed by atoms with Gasteiger partial charge in [-0.2, -0.15) is 9.30 Å². The molecule has 1 spiro atoms. The maximum atomic E-state index is 13.5. The summed E-state index contributed by atoms with van der Waals surface area (Å²) in [6.45, 7) is 1.21. The van der Waals surface area contributed by atoms with E-state index in [4.69, 9.17) is 11.5 Å². The van der Waals surface area contributed by atoms with Gasteiger partial charge >= 0.3 is 5.91 Å². The molecule has 12 nitrogen and oxygen atoms in total. The predicted molar refractivity (Wildman–Crippen MR) is 145 cm³/mol. The van der Waals surface area contributed by atoms with E-state index in [1.54, 1.807) is 12.1 Å². The smallest absolute Gasteiger partial charge is 0.302 e. The van der Waals surface area contributed by atoms with Gasteiger partial charge in [-0.15, -0.1) is 0 Å². The standard InChI is InChI=1S/C22H26IN9O3S/c1-31-8-5-13-15(31)3-2-4-16(13)36(34,35)32-9-6-22(7-10-32)12-26-21(30-22)29-20(33)17-19(25)28-18(24)14(11-23)27-17/h2-5,8H,6-7,9-12H2,1H3,(H4,24,25,28)(H2,26,29,30,33). The number of hydrogen-bond donors (Lipinski definition) is 4. The number of aromatic nitrogens is 3. The number of fused-ring (bicyclic) bond motifs is 1. The maximum Gasteiger partial charge on any atom is 0.302 e. The number of amides is 1. The van der Waals surface area contributed by atoms with E-state index in [1.807, 2.05) is 29.9 Å². The van der Waals surface area contributed by atoms with Crippen LogP contribution in [0.2, 0.25) is 0 Å². The van der Waals surface area contributed by atoms with Gasteiger partial charge in [0.1, 0.15) is 5.82 Å². The zero-order chi connectivity index (χ0) is 25.7. The Morgan fingerprint density at radius 3 is 2.67 bits per heavy atom. The molecule has 0 radical (unpaired) electrons. The number of sulfonamides is 1. The number of halogens is 1. The van der Waals surface area contributed by atoms with Crippen LogP contribution in [0.5, 0.6) is 0 Å². The van der Waals surface area contributed by atoms with Crippen LogP contribution in [-0.2, 0) is 21.5 Å². The number of rotatable bonds is 4. The Labute approximate surface area is 221 Å². The Morgan fingerprint density at radius 2 is 1.94 bits per heavy atom. The van der Waals surface area contributed by atoms with Gasteiger partial charge in [0, 0.05) is 48.2 Å². The van der Waals surface area contributed by atoms with Crippen molar-refractivity contribution in [2.75, 3.05) is 31.1 Å². The van der Waals surface area contributed by atoms with Crippen molar-refractivity contribution in [2.24, 2.45) is 12.0 Å². The Balaban J connectivity index is 1.30. The Kier molecular flexibility index (Phi) is 6.28. The molecule has 2 aliphatic rings. The van der Waals surface area contributed by atoms with Crippen molar-refractivity contribution in [3.63, 3.8) is 0 Å². The number of aliphatic imine (C=N–C) groups is 1. The van der Waals surface area contributed by atoms with Crippen molar-refractivity contribution in [1.29, 1.82) is 0 Å². The van der Waals surface area contributed by atoms with E-state index in [0.29, 0.717) is 58.8 Å². The van der Waals surface area contributed by atoms with Crippen LogP contribution >= 0.6 is 22.6 Å². The van der Waals surface area contributed by atoms with Crippen molar-refractivity contribution >= 4 is 67.0 Å². The molecule has 0 unspecified atom stereocenters. The molecule has 3 aromatic rings. The molecule has 14 heteroatoms. The second-order valence-electron chi connectivity index (χ2n) is 8.97. The first-order chi connectivity index (χ1) is 17.1. The fourth-order valence-corrected chi connectivity index (χ4v) is 6.87. The van der Waals surface area contributed by atoms with Crippen LogP contribution in [-0.4, -0.2) is 64.3 Å². The van der Waals surface area contributed by atoms with E-state index in [-0.39, 0.29) is 17.3 Å². The average Bonchev–Trinajstić information content (AvgIpc) is 3.42. The first-order valence-electron chi connectivity index (χ1n) is 11.3. The molecule has 0 aliphatic carbocycles. The predicted octanol–water partition coefficient (Wildman–Crippen LogP) is 0.980. The van der Waals surface area contributed by atoms with Crippen molar-refractivity contribution in [2.45, 2.75) is 27.7 Å². The number of piperidine rings is 1. The summed E-state index contributed by atoms with van der Waals surface area (Å²) in [5.41, 5.74) is 12.5. The second-order valence-corrected chi connectivity index (χ2v) is 11.6. The van der Waals surface area contributed by atoms with Crippen molar-refractivity contribution in [3.8, 4) is 0 Å². The number of guanidine groups is 1. The summed E-state index contributed by atoms with van der Waals surface area (Å²) < 4.78 is 30.8. The number of carbonyl (C=O) groups is 1. The molecule has 1 aromatic carbocycles. The summed E-state index contributed by atoms with van der Waals surface area (Å²) in [6, 6.07) is 7.16. The van der Waals surface area contributed by atoms with Crippen LogP contribution in [0.15, 0.2) is 40.4 Å². The van der Waals surface area contributed by atoms with Crippen LogP contribution in [0.3, 0.4) is 0 Å². The third kappa shape index (κ3) is 4.26. The molecule has 2 saturated heterocycles. The molecular formula is C22H26IN9O3S. The zero-order valence-electron chi connectivity index (χ0n) is 19.5. The number of hydrogen-bond acceptors (Lipinski definition) is 7. The molecule has 4 heterocycles. The minimum Gasteiger partial charge on any atom is -0.382 e. The second kappa shape index (κ2) is 9.15. The van der Waals surface area contributed by atoms with E-state index in [0.717, 1.165) is 5.52 Å². The van der Waals surface area contributed by atoms with E-state index >= 15 is 0 Å². The van der Waals surface area contributed by atoms with Gasteiger partial charge in [0.2, 0.25) is 10.0 Å². The highest BCUT2D eigenvalue weighted by Crippen LogP contribution is 2.31. The van der Waals surface area contributed by atoms with Crippen molar-refractivity contribution in [1.82, 2.24) is 29.5 Å². The molecule has 0 atom stereocenters. The summed E-state index contributed by atoms with van der Waals surface area (Å²) in [4.78, 5) is 25.4. The minimum atomic E-state index is -3.66. The number of aryl methyl sites for hydroxylation is 1. The van der Waals surface area contributed by atoms with Crippen LogP contribution in [0.4, 0.5) is 11.6 Å². The number of nitrogens with zero attached hydrogens (tertiary/aromatic N) is 5. The highest BCUT2D eigenvalue weighted by Gasteiger charge is 2.42. The number of carbonyl (C=O) groups excluding carboxylic acids is 1. The van der Waals surface area contributed by atoms with Gasteiger partial charge in [-0.3, -0.25) is 4.79 Å². The van der Waals surface area contributed by atoms with Crippen LogP contribution < -0.4 is 22.1 Å². The Bertz CT molecular complexity index is 1490. The third-order valence-electron chi connectivity index (χ3n) is 6.73. The Hall–Kier alpha value is -2.98. The molecule has 2 fully saturated rings. The molecule has 190 valence electrons. The molecular weight excluding hydrogens is 597 g/mol. The number of nitrogens with one attached hydrogen (secondary N) is 2. The fraction of sp³-hybridized carbons (Fsp3) is 0.364. The van der Waals surface area contributed by atoms with E-state index in [2.05, 4.69) is 48.2 Å². The Morgan fingerprint density at radius 1 is 1.19 bits per heavy atom. The SMILES string of the molecule is Cn1ccc2c(S(=O)(=O)N3CCC4(CC3)CN/C(=N\C(=O)c3nc(CI)c(N)nc3N)N4)cccc21. The largest absolute Gasteiger partial charge is 0.382 e. The summed E-state index contributed by atoms with van der Waals surface area (Å²) in [6.07, 6.45) is 2.97. The average molecular weight is 623 g/mol. The fourth-order valence-electron chi connectivity index (χ4n) is 4.66. The highest BCUT2D eigenvalue weighted by molar-refractivity contribution is 14.1. The quantitative estimate of drug-likeness (QED) is 0.244. The van der Waals surface area contributed by atoms with Crippen LogP contribution in [0.25, 0.3) is 10.9 Å². The number of anilines is 2. The van der Waals surface area contributed by atoms with Gasteiger partial charge in [-0.05, 0) is 31.0 Å². The lowest BCUT2D eigenvalue weighted by molar-refractivity contribution is 0.0998. The lowest BCUT2D eigenvalue weighted by Crippen LogP contribution is -2.53. The lowest BCUT2D eigenvalue weighted by atomic mass is 9.90. The van der Waals surface area contributed by atoms with Crippen LogP contribution in [0.1, 0.15) is 29.0 Å². The van der Waals surface area contributed by atoms with Gasteiger partial charge in [-0.1, -0.05) is 28.7 Å². The van der Waals surface area contributed by atoms with Gasteiger partial charge in [0.05, 0.1) is 16.1 Å². The molecule has 1 amide bonds. The molecule has 5 rings (SSSR count). The van der Waals surface area contributed by atoms with E-state index in [1.165, 1.54) is 4.31 Å². The molecule has 2 aliphatic heterocycles. The zero-order valence-corrected chi connectivity index (χ0v) is 22.5. The number of nitrogen functional groups attached to an aromatic ring is 2.